The van der Waals surface area contributed by atoms with Crippen molar-refractivity contribution in [2.24, 2.45) is 5.92 Å². The predicted molar refractivity (Wildman–Crippen MR) is 60.1 cm³/mol. The lowest BCUT2D eigenvalue weighted by molar-refractivity contribution is -0.145. The maximum absolute atomic E-state index is 11.5. The number of carboxylic acids is 2. The van der Waals surface area contributed by atoms with Crippen molar-refractivity contribution in [2.45, 2.75) is 32.7 Å². The first-order chi connectivity index (χ1) is 7.64. The molecule has 17 heavy (non-hydrogen) atoms. The van der Waals surface area contributed by atoms with Gasteiger partial charge in [0.2, 0.25) is 10.0 Å². The smallest absolute Gasteiger partial charge is 0.322 e. The first kappa shape index (κ1) is 15.9. The van der Waals surface area contributed by atoms with Crippen molar-refractivity contribution in [3.8, 4) is 0 Å². The molecule has 100 valence electrons. The first-order valence-corrected chi connectivity index (χ1v) is 6.74. The lowest BCUT2D eigenvalue weighted by Gasteiger charge is -2.13. The molecule has 0 aliphatic heterocycles. The van der Waals surface area contributed by atoms with E-state index in [9.17, 15) is 18.0 Å². The van der Waals surface area contributed by atoms with Gasteiger partial charge in [-0.3, -0.25) is 9.59 Å². The summed E-state index contributed by atoms with van der Waals surface area (Å²) in [4.78, 5) is 21.0. The largest absolute Gasteiger partial charge is 0.481 e. The molecule has 0 spiro atoms. The normalized spacial score (nSPS) is 13.6. The van der Waals surface area contributed by atoms with E-state index in [2.05, 4.69) is 0 Å². The van der Waals surface area contributed by atoms with E-state index in [0.29, 0.717) is 6.42 Å². The second kappa shape index (κ2) is 6.55. The molecule has 0 amide bonds. The number of carbonyl (C=O) groups is 2. The van der Waals surface area contributed by atoms with Crippen LogP contribution in [0.1, 0.15) is 26.7 Å². The number of hydrogen-bond acceptors (Lipinski definition) is 4. The molecule has 0 aliphatic carbocycles. The highest BCUT2D eigenvalue weighted by molar-refractivity contribution is 7.89. The summed E-state index contributed by atoms with van der Waals surface area (Å²) in [7, 11) is -3.76. The van der Waals surface area contributed by atoms with Gasteiger partial charge in [0.15, 0.2) is 0 Å². The molecule has 0 aromatic carbocycles. The van der Waals surface area contributed by atoms with Crippen molar-refractivity contribution in [3.63, 3.8) is 0 Å². The zero-order valence-corrected chi connectivity index (χ0v) is 10.5. The SMILES string of the molecule is CC(C)CCS(=O)(=O)N[C@H](CC(=O)O)C(=O)O. The molecular weight excluding hydrogens is 250 g/mol. The molecule has 0 aromatic rings. The summed E-state index contributed by atoms with van der Waals surface area (Å²) in [6.07, 6.45) is -0.398. The van der Waals surface area contributed by atoms with Crippen molar-refractivity contribution in [2.75, 3.05) is 5.75 Å². The summed E-state index contributed by atoms with van der Waals surface area (Å²) in [5.41, 5.74) is 0. The molecule has 0 fully saturated rings. The van der Waals surface area contributed by atoms with E-state index in [4.69, 9.17) is 10.2 Å². The van der Waals surface area contributed by atoms with Gasteiger partial charge in [-0.25, -0.2) is 13.1 Å². The minimum absolute atomic E-state index is 0.161. The highest BCUT2D eigenvalue weighted by Gasteiger charge is 2.26. The quantitative estimate of drug-likeness (QED) is 0.563. The van der Waals surface area contributed by atoms with Crippen LogP contribution in [0.2, 0.25) is 0 Å². The van der Waals surface area contributed by atoms with E-state index in [1.165, 1.54) is 0 Å². The van der Waals surface area contributed by atoms with E-state index in [1.54, 1.807) is 0 Å². The van der Waals surface area contributed by atoms with Gasteiger partial charge in [-0.1, -0.05) is 13.8 Å². The predicted octanol–water partition coefficient (Wildman–Crippen LogP) is -0.120. The van der Waals surface area contributed by atoms with Crippen LogP contribution >= 0.6 is 0 Å². The highest BCUT2D eigenvalue weighted by atomic mass is 32.2. The van der Waals surface area contributed by atoms with Gasteiger partial charge in [0.25, 0.3) is 0 Å². The standard InChI is InChI=1S/C9H17NO6S/c1-6(2)3-4-17(15,16)10-7(9(13)14)5-8(11)12/h6-7,10H,3-5H2,1-2H3,(H,11,12)(H,13,14)/t7-/m1/s1. The van der Waals surface area contributed by atoms with E-state index in [0.717, 1.165) is 0 Å². The van der Waals surface area contributed by atoms with Crippen molar-refractivity contribution < 1.29 is 28.2 Å². The van der Waals surface area contributed by atoms with Crippen LogP contribution in [-0.4, -0.2) is 42.4 Å². The molecule has 7 nitrogen and oxygen atoms in total. The number of rotatable bonds is 8. The average Bonchev–Trinajstić information content (AvgIpc) is 2.12. The third-order valence-corrected chi connectivity index (χ3v) is 3.38. The fourth-order valence-electron chi connectivity index (χ4n) is 1.02. The van der Waals surface area contributed by atoms with Crippen molar-refractivity contribution in [3.05, 3.63) is 0 Å². The molecular formula is C9H17NO6S. The monoisotopic (exact) mass is 267 g/mol. The third-order valence-electron chi connectivity index (χ3n) is 1.96. The van der Waals surface area contributed by atoms with Gasteiger partial charge in [0.1, 0.15) is 6.04 Å². The van der Waals surface area contributed by atoms with Crippen LogP contribution in [0, 0.1) is 5.92 Å². The van der Waals surface area contributed by atoms with Crippen LogP contribution < -0.4 is 4.72 Å². The van der Waals surface area contributed by atoms with E-state index >= 15 is 0 Å². The zero-order chi connectivity index (χ0) is 13.6. The topological polar surface area (TPSA) is 121 Å². The molecule has 0 saturated carbocycles. The first-order valence-electron chi connectivity index (χ1n) is 5.08. The zero-order valence-electron chi connectivity index (χ0n) is 9.71. The van der Waals surface area contributed by atoms with Gasteiger partial charge in [-0.15, -0.1) is 0 Å². The maximum Gasteiger partial charge on any atom is 0.322 e. The van der Waals surface area contributed by atoms with Gasteiger partial charge < -0.3 is 10.2 Å². The Bertz CT molecular complexity index is 375. The number of nitrogens with one attached hydrogen (secondary N) is 1. The lowest BCUT2D eigenvalue weighted by atomic mass is 10.2. The Balaban J connectivity index is 4.53. The third kappa shape index (κ3) is 7.70. The molecule has 1 atom stereocenters. The second-order valence-electron chi connectivity index (χ2n) is 4.11. The molecule has 0 radical (unpaired) electrons. The Kier molecular flexibility index (Phi) is 6.11. The van der Waals surface area contributed by atoms with Crippen LogP contribution in [0.15, 0.2) is 0 Å². The van der Waals surface area contributed by atoms with Crippen LogP contribution in [0.5, 0.6) is 0 Å². The van der Waals surface area contributed by atoms with Gasteiger partial charge in [-0.05, 0) is 12.3 Å². The molecule has 0 rings (SSSR count). The van der Waals surface area contributed by atoms with Crippen LogP contribution in [-0.2, 0) is 19.6 Å². The fraction of sp³-hybridized carbons (Fsp3) is 0.778. The Morgan fingerprint density at radius 2 is 1.76 bits per heavy atom. The van der Waals surface area contributed by atoms with E-state index in [-0.39, 0.29) is 11.7 Å². The molecule has 0 bridgehead atoms. The van der Waals surface area contributed by atoms with Gasteiger partial charge in [0.05, 0.1) is 12.2 Å². The van der Waals surface area contributed by atoms with E-state index < -0.39 is 34.4 Å². The van der Waals surface area contributed by atoms with Gasteiger partial charge in [-0.2, -0.15) is 0 Å². The Morgan fingerprint density at radius 1 is 1.24 bits per heavy atom. The number of hydrogen-bond donors (Lipinski definition) is 3. The molecule has 0 heterocycles. The van der Waals surface area contributed by atoms with Crippen molar-refractivity contribution in [1.82, 2.24) is 4.72 Å². The van der Waals surface area contributed by atoms with Crippen LogP contribution in [0.3, 0.4) is 0 Å². The fourth-order valence-corrected chi connectivity index (χ4v) is 2.54. The summed E-state index contributed by atoms with van der Waals surface area (Å²) in [6.45, 7) is 3.67. The summed E-state index contributed by atoms with van der Waals surface area (Å²) in [6, 6.07) is -1.62. The highest BCUT2D eigenvalue weighted by Crippen LogP contribution is 2.04. The van der Waals surface area contributed by atoms with E-state index in [1.807, 2.05) is 18.6 Å². The Hall–Kier alpha value is -1.15. The molecule has 3 N–H and O–H groups in total. The Labute approximate surface area is 99.9 Å². The number of aliphatic carboxylic acids is 2. The van der Waals surface area contributed by atoms with Crippen LogP contribution in [0.4, 0.5) is 0 Å². The molecule has 0 unspecified atom stereocenters. The summed E-state index contributed by atoms with van der Waals surface area (Å²) < 4.78 is 24.8. The number of carboxylic acid groups (broad SMARTS) is 2. The van der Waals surface area contributed by atoms with Crippen molar-refractivity contribution in [1.29, 1.82) is 0 Å². The summed E-state index contributed by atoms with van der Waals surface area (Å²) in [5.74, 6) is -2.92. The molecule has 0 saturated heterocycles. The molecule has 0 aromatic heterocycles. The molecule has 8 heteroatoms. The average molecular weight is 267 g/mol. The maximum atomic E-state index is 11.5. The molecule has 0 aliphatic rings. The van der Waals surface area contributed by atoms with Crippen LogP contribution in [0.25, 0.3) is 0 Å². The minimum Gasteiger partial charge on any atom is -0.481 e. The minimum atomic E-state index is -3.76. The Morgan fingerprint density at radius 3 is 2.12 bits per heavy atom. The second-order valence-corrected chi connectivity index (χ2v) is 5.98. The van der Waals surface area contributed by atoms with Crippen molar-refractivity contribution >= 4 is 22.0 Å². The summed E-state index contributed by atoms with van der Waals surface area (Å²) >= 11 is 0. The van der Waals surface area contributed by atoms with Gasteiger partial charge >= 0.3 is 11.9 Å². The number of sulfonamides is 1. The van der Waals surface area contributed by atoms with Gasteiger partial charge in [0, 0.05) is 0 Å². The summed E-state index contributed by atoms with van der Waals surface area (Å²) in [5, 5.41) is 17.1. The lowest BCUT2D eigenvalue weighted by Crippen LogP contribution is -2.43.